The summed E-state index contributed by atoms with van der Waals surface area (Å²) >= 11 is 0. The summed E-state index contributed by atoms with van der Waals surface area (Å²) < 4.78 is 4.90. The average Bonchev–Trinajstić information content (AvgIpc) is 2.83. The third-order valence-electron chi connectivity index (χ3n) is 3.32. The van der Waals surface area contributed by atoms with Crippen LogP contribution in [0, 0.1) is 6.92 Å². The Labute approximate surface area is 123 Å². The molecule has 2 N–H and O–H groups in total. The third kappa shape index (κ3) is 4.02. The van der Waals surface area contributed by atoms with Crippen LogP contribution in [0.1, 0.15) is 5.76 Å². The highest BCUT2D eigenvalue weighted by Crippen LogP contribution is 2.09. The molecule has 2 rings (SSSR count). The van der Waals surface area contributed by atoms with Gasteiger partial charge in [0.25, 0.3) is 0 Å². The molecule has 0 bridgehead atoms. The molecule has 1 aliphatic rings. The third-order valence-corrected chi connectivity index (χ3v) is 3.32. The fourth-order valence-corrected chi connectivity index (χ4v) is 2.27. The molecule has 0 spiro atoms. The van der Waals surface area contributed by atoms with E-state index < -0.39 is 0 Å². The molecule has 1 aromatic heterocycles. The normalized spacial score (nSPS) is 19.3. The van der Waals surface area contributed by atoms with E-state index >= 15 is 0 Å². The molecule has 0 saturated carbocycles. The van der Waals surface area contributed by atoms with E-state index in [9.17, 15) is 9.59 Å². The zero-order valence-corrected chi connectivity index (χ0v) is 12.5. The van der Waals surface area contributed by atoms with Crippen LogP contribution in [0.25, 0.3) is 0 Å². The van der Waals surface area contributed by atoms with Gasteiger partial charge >= 0.3 is 0 Å². The van der Waals surface area contributed by atoms with Gasteiger partial charge in [0.05, 0.1) is 6.54 Å². The molecule has 1 aromatic rings. The Morgan fingerprint density at radius 1 is 1.57 bits per heavy atom. The Hall–Kier alpha value is -1.93. The number of amides is 2. The fraction of sp³-hybridized carbons (Fsp3) is 0.615. The molecule has 116 valence electrons. The summed E-state index contributed by atoms with van der Waals surface area (Å²) in [6, 6.07) is 1.33. The molecule has 21 heavy (non-hydrogen) atoms. The topological polar surface area (TPSA) is 90.7 Å². The lowest BCUT2D eigenvalue weighted by Gasteiger charge is -2.35. The van der Waals surface area contributed by atoms with E-state index in [0.717, 1.165) is 6.54 Å². The lowest BCUT2D eigenvalue weighted by atomic mass is 10.1. The number of rotatable bonds is 4. The number of hydrogen-bond acceptors (Lipinski definition) is 6. The number of carbonyl (C=O) groups excluding carboxylic acids is 2. The predicted octanol–water partition coefficient (Wildman–Crippen LogP) is -0.716. The Balaban J connectivity index is 1.95. The highest BCUT2D eigenvalue weighted by atomic mass is 16.5. The first-order valence-electron chi connectivity index (χ1n) is 6.86. The maximum absolute atomic E-state index is 12.1. The van der Waals surface area contributed by atoms with E-state index in [-0.39, 0.29) is 24.4 Å². The maximum atomic E-state index is 12.1. The smallest absolute Gasteiger partial charge is 0.240 e. The van der Waals surface area contributed by atoms with E-state index in [4.69, 9.17) is 4.52 Å². The van der Waals surface area contributed by atoms with Gasteiger partial charge in [-0.05, 0) is 6.92 Å². The highest BCUT2D eigenvalue weighted by molar-refractivity contribution is 5.92. The molecule has 0 radical (unpaired) electrons. The first-order chi connectivity index (χ1) is 9.97. The zero-order chi connectivity index (χ0) is 15.4. The van der Waals surface area contributed by atoms with Gasteiger partial charge in [-0.15, -0.1) is 0 Å². The van der Waals surface area contributed by atoms with Gasteiger partial charge in [0.2, 0.25) is 11.8 Å². The van der Waals surface area contributed by atoms with E-state index in [0.29, 0.717) is 24.7 Å². The van der Waals surface area contributed by atoms with Gasteiger partial charge in [-0.25, -0.2) is 0 Å². The second-order valence-electron chi connectivity index (χ2n) is 5.29. The van der Waals surface area contributed by atoms with Crippen LogP contribution in [0.4, 0.5) is 5.82 Å². The number of hydrogen-bond donors (Lipinski definition) is 2. The maximum Gasteiger partial charge on any atom is 0.240 e. The van der Waals surface area contributed by atoms with Crippen molar-refractivity contribution in [1.82, 2.24) is 20.3 Å². The summed E-state index contributed by atoms with van der Waals surface area (Å²) in [5.41, 5.74) is 0. The van der Waals surface area contributed by atoms with Crippen LogP contribution >= 0.6 is 0 Å². The second kappa shape index (κ2) is 6.68. The molecule has 0 aromatic carbocycles. The van der Waals surface area contributed by atoms with Crippen LogP contribution < -0.4 is 10.6 Å². The first kappa shape index (κ1) is 15.5. The number of nitrogens with one attached hydrogen (secondary N) is 2. The van der Waals surface area contributed by atoms with Gasteiger partial charge < -0.3 is 20.1 Å². The number of aromatic nitrogens is 1. The van der Waals surface area contributed by atoms with Crippen molar-refractivity contribution in [2.45, 2.75) is 13.0 Å². The number of nitrogens with zero attached hydrogens (tertiary/aromatic N) is 3. The van der Waals surface area contributed by atoms with Gasteiger partial charge in [0.1, 0.15) is 11.8 Å². The molecule has 2 heterocycles. The summed E-state index contributed by atoms with van der Waals surface area (Å²) in [5, 5.41) is 9.56. The van der Waals surface area contributed by atoms with E-state index in [1.54, 1.807) is 32.0 Å². The number of anilines is 1. The molecular weight excluding hydrogens is 274 g/mol. The lowest BCUT2D eigenvalue weighted by molar-refractivity contribution is -0.135. The Morgan fingerprint density at radius 3 is 2.95 bits per heavy atom. The van der Waals surface area contributed by atoms with Crippen LogP contribution in [0.3, 0.4) is 0 Å². The molecule has 1 fully saturated rings. The summed E-state index contributed by atoms with van der Waals surface area (Å²) in [4.78, 5) is 27.6. The van der Waals surface area contributed by atoms with Crippen LogP contribution in [0.5, 0.6) is 0 Å². The van der Waals surface area contributed by atoms with Crippen LogP contribution in [-0.4, -0.2) is 73.1 Å². The average molecular weight is 295 g/mol. The van der Waals surface area contributed by atoms with Gasteiger partial charge in [-0.1, -0.05) is 5.16 Å². The minimum absolute atomic E-state index is 0.00715. The predicted molar refractivity (Wildman–Crippen MR) is 76.8 cm³/mol. The quantitative estimate of drug-likeness (QED) is 0.762. The Kier molecular flexibility index (Phi) is 4.92. The zero-order valence-electron chi connectivity index (χ0n) is 12.5. The molecule has 1 unspecified atom stereocenters. The molecule has 1 atom stereocenters. The van der Waals surface area contributed by atoms with Crippen molar-refractivity contribution in [1.29, 1.82) is 0 Å². The summed E-state index contributed by atoms with van der Waals surface area (Å²) in [6.45, 7) is 3.86. The second-order valence-corrected chi connectivity index (χ2v) is 5.29. The standard InChI is InChI=1S/C13H21N5O3/c1-9-6-11(16-21-9)15-12(19)8-18-5-4-14-7-10(18)13(20)17(2)3/h6,10,14H,4-5,7-8H2,1-3H3,(H,15,16,19). The molecular formula is C13H21N5O3. The minimum Gasteiger partial charge on any atom is -0.360 e. The monoisotopic (exact) mass is 295 g/mol. The molecule has 8 nitrogen and oxygen atoms in total. The van der Waals surface area contributed by atoms with Crippen molar-refractivity contribution in [2.24, 2.45) is 0 Å². The Morgan fingerprint density at radius 2 is 2.33 bits per heavy atom. The van der Waals surface area contributed by atoms with E-state index in [2.05, 4.69) is 15.8 Å². The Bertz CT molecular complexity index is 514. The van der Waals surface area contributed by atoms with Crippen molar-refractivity contribution in [2.75, 3.05) is 45.6 Å². The molecule has 0 aliphatic carbocycles. The van der Waals surface area contributed by atoms with Gasteiger partial charge in [-0.3, -0.25) is 14.5 Å². The minimum atomic E-state index is -0.321. The molecule has 1 aliphatic heterocycles. The summed E-state index contributed by atoms with van der Waals surface area (Å²) in [7, 11) is 3.43. The molecule has 2 amide bonds. The highest BCUT2D eigenvalue weighted by Gasteiger charge is 2.30. The number of carbonyl (C=O) groups is 2. The number of piperazine rings is 1. The summed E-state index contributed by atoms with van der Waals surface area (Å²) in [6.07, 6.45) is 0. The van der Waals surface area contributed by atoms with Gasteiger partial charge in [0.15, 0.2) is 5.82 Å². The number of aryl methyl sites for hydroxylation is 1. The first-order valence-corrected chi connectivity index (χ1v) is 6.86. The van der Waals surface area contributed by atoms with E-state index in [1.165, 1.54) is 0 Å². The molecule has 8 heteroatoms. The lowest BCUT2D eigenvalue weighted by Crippen LogP contribution is -2.59. The fourth-order valence-electron chi connectivity index (χ4n) is 2.27. The largest absolute Gasteiger partial charge is 0.360 e. The van der Waals surface area contributed by atoms with Gasteiger partial charge in [0, 0.05) is 39.8 Å². The van der Waals surface area contributed by atoms with Crippen molar-refractivity contribution in [3.8, 4) is 0 Å². The van der Waals surface area contributed by atoms with Crippen LogP contribution in [0.2, 0.25) is 0 Å². The van der Waals surface area contributed by atoms with Crippen molar-refractivity contribution >= 4 is 17.6 Å². The number of likely N-dealkylation sites (N-methyl/N-ethyl adjacent to an activating group) is 1. The van der Waals surface area contributed by atoms with Gasteiger partial charge in [-0.2, -0.15) is 0 Å². The van der Waals surface area contributed by atoms with E-state index in [1.807, 2.05) is 4.90 Å². The van der Waals surface area contributed by atoms with Crippen LogP contribution in [-0.2, 0) is 9.59 Å². The summed E-state index contributed by atoms with van der Waals surface area (Å²) in [5.74, 6) is 0.810. The van der Waals surface area contributed by atoms with Crippen LogP contribution in [0.15, 0.2) is 10.6 Å². The molecule has 1 saturated heterocycles. The van der Waals surface area contributed by atoms with Crippen molar-refractivity contribution < 1.29 is 14.1 Å². The SMILES string of the molecule is Cc1cc(NC(=O)CN2CCNCC2C(=O)N(C)C)no1. The van der Waals surface area contributed by atoms with Crippen molar-refractivity contribution in [3.63, 3.8) is 0 Å². The van der Waals surface area contributed by atoms with Crippen molar-refractivity contribution in [3.05, 3.63) is 11.8 Å².